The number of carbonyl (C=O) groups excluding carboxylic acids is 2. The summed E-state index contributed by atoms with van der Waals surface area (Å²) < 4.78 is 1.68. The van der Waals surface area contributed by atoms with Gasteiger partial charge in [0.15, 0.2) is 0 Å². The molecule has 0 radical (unpaired) electrons. The van der Waals surface area contributed by atoms with Gasteiger partial charge in [0.05, 0.1) is 11.4 Å². The van der Waals surface area contributed by atoms with Crippen LogP contribution in [0.15, 0.2) is 66.0 Å². The molecule has 178 valence electrons. The summed E-state index contributed by atoms with van der Waals surface area (Å²) in [6.45, 7) is 8.46. The Morgan fingerprint density at radius 2 is 1.80 bits per heavy atom. The molecule has 1 aliphatic rings. The largest absolute Gasteiger partial charge is 0.350 e. The zero-order valence-electron chi connectivity index (χ0n) is 20.3. The third kappa shape index (κ3) is 4.17. The Bertz CT molecular complexity index is 1410. The minimum absolute atomic E-state index is 0.217. The van der Waals surface area contributed by atoms with Crippen molar-refractivity contribution in [3.63, 3.8) is 0 Å². The Hall–Kier alpha value is -3.71. The fraction of sp³-hybridized carbons (Fsp3) is 0.250. The highest BCUT2D eigenvalue weighted by molar-refractivity contribution is 7.13. The number of amides is 2. The van der Waals surface area contributed by atoms with Crippen LogP contribution in [0, 0.1) is 20.8 Å². The number of fused-ring (bicyclic) bond motifs is 1. The molecular formula is C28H28N4O2S. The predicted octanol–water partition coefficient (Wildman–Crippen LogP) is 5.27. The van der Waals surface area contributed by atoms with Crippen molar-refractivity contribution in [2.45, 2.75) is 46.3 Å². The van der Waals surface area contributed by atoms with Crippen LogP contribution >= 0.6 is 11.3 Å². The highest BCUT2D eigenvalue weighted by Crippen LogP contribution is 2.36. The van der Waals surface area contributed by atoms with E-state index in [1.807, 2.05) is 93.7 Å². The first-order valence-electron chi connectivity index (χ1n) is 11.6. The van der Waals surface area contributed by atoms with E-state index in [2.05, 4.69) is 5.32 Å². The van der Waals surface area contributed by atoms with Crippen LogP contribution in [0.5, 0.6) is 0 Å². The maximum absolute atomic E-state index is 14.0. The number of hydrogen-bond acceptors (Lipinski definition) is 4. The van der Waals surface area contributed by atoms with E-state index in [4.69, 9.17) is 5.10 Å². The van der Waals surface area contributed by atoms with E-state index in [9.17, 15) is 9.59 Å². The summed E-state index contributed by atoms with van der Waals surface area (Å²) in [6, 6.07) is 19.8. The minimum atomic E-state index is -1.16. The zero-order chi connectivity index (χ0) is 24.7. The minimum Gasteiger partial charge on any atom is -0.350 e. The summed E-state index contributed by atoms with van der Waals surface area (Å²) in [6.07, 6.45) is 0. The van der Waals surface area contributed by atoms with Gasteiger partial charge < -0.3 is 5.32 Å². The van der Waals surface area contributed by atoms with Crippen molar-refractivity contribution < 1.29 is 9.59 Å². The number of rotatable bonds is 5. The highest BCUT2D eigenvalue weighted by atomic mass is 32.1. The molecule has 0 aliphatic carbocycles. The summed E-state index contributed by atoms with van der Waals surface area (Å²) in [5.41, 5.74) is 4.95. The van der Waals surface area contributed by atoms with Gasteiger partial charge in [-0.05, 0) is 68.0 Å². The van der Waals surface area contributed by atoms with Crippen molar-refractivity contribution in [1.29, 1.82) is 0 Å². The summed E-state index contributed by atoms with van der Waals surface area (Å²) in [4.78, 5) is 30.4. The molecule has 2 aromatic heterocycles. The van der Waals surface area contributed by atoms with Crippen LogP contribution < -0.4 is 10.2 Å². The Kier molecular flexibility index (Phi) is 5.81. The number of nitrogens with one attached hydrogen (secondary N) is 1. The van der Waals surface area contributed by atoms with Gasteiger partial charge in [0, 0.05) is 12.2 Å². The fourth-order valence-electron chi connectivity index (χ4n) is 4.54. The Labute approximate surface area is 209 Å². The smallest absolute Gasteiger partial charge is 0.277 e. The average Bonchev–Trinajstić information content (AvgIpc) is 3.51. The van der Waals surface area contributed by atoms with Crippen LogP contribution in [0.2, 0.25) is 0 Å². The number of anilines is 1. The molecule has 1 N–H and O–H groups in total. The number of benzene rings is 2. The van der Waals surface area contributed by atoms with Crippen LogP contribution in [-0.2, 0) is 17.9 Å². The number of nitrogens with zero attached hydrogens (tertiary/aromatic N) is 3. The van der Waals surface area contributed by atoms with Gasteiger partial charge in [-0.3, -0.25) is 19.2 Å². The molecule has 0 saturated carbocycles. The second-order valence-electron chi connectivity index (χ2n) is 9.42. The summed E-state index contributed by atoms with van der Waals surface area (Å²) in [7, 11) is 0. The van der Waals surface area contributed by atoms with Crippen molar-refractivity contribution in [2.75, 3.05) is 4.90 Å². The van der Waals surface area contributed by atoms with Crippen molar-refractivity contribution >= 4 is 28.8 Å². The number of hydrogen-bond donors (Lipinski definition) is 1. The van der Waals surface area contributed by atoms with Gasteiger partial charge in [0.1, 0.15) is 16.9 Å². The monoisotopic (exact) mass is 484 g/mol. The normalized spacial score (nSPS) is 17.4. The molecule has 0 saturated heterocycles. The average molecular weight is 485 g/mol. The predicted molar refractivity (Wildman–Crippen MR) is 140 cm³/mol. The molecule has 35 heavy (non-hydrogen) atoms. The van der Waals surface area contributed by atoms with Crippen molar-refractivity contribution in [2.24, 2.45) is 0 Å². The van der Waals surface area contributed by atoms with E-state index in [-0.39, 0.29) is 18.4 Å². The first kappa shape index (κ1) is 23.1. The summed E-state index contributed by atoms with van der Waals surface area (Å²) >= 11 is 1.58. The van der Waals surface area contributed by atoms with Crippen molar-refractivity contribution in [3.05, 3.63) is 94.0 Å². The maximum atomic E-state index is 14.0. The van der Waals surface area contributed by atoms with Crippen molar-refractivity contribution in [3.8, 4) is 10.6 Å². The fourth-order valence-corrected chi connectivity index (χ4v) is 5.22. The van der Waals surface area contributed by atoms with Gasteiger partial charge in [-0.25, -0.2) is 0 Å². The molecule has 0 bridgehead atoms. The summed E-state index contributed by atoms with van der Waals surface area (Å²) in [5.74, 6) is -0.445. The van der Waals surface area contributed by atoms with Gasteiger partial charge in [-0.1, -0.05) is 48.0 Å². The van der Waals surface area contributed by atoms with Crippen LogP contribution in [0.3, 0.4) is 0 Å². The standard InChI is InChI=1S/C28H28N4O2S/c1-18-8-11-21(12-9-18)16-29-27(34)28(4)17-31-24(15-22(30-31)25-6-5-13-35-25)26(33)32(28)23-14-19(2)7-10-20(23)3/h5-15H,16-17H2,1-4H3,(H,29,34)/t28-/m0/s1. The lowest BCUT2D eigenvalue weighted by molar-refractivity contribution is -0.126. The van der Waals surface area contributed by atoms with E-state index in [1.54, 1.807) is 20.9 Å². The lowest BCUT2D eigenvalue weighted by atomic mass is 9.92. The van der Waals surface area contributed by atoms with Gasteiger partial charge in [0.25, 0.3) is 5.91 Å². The number of thiophene rings is 1. The topological polar surface area (TPSA) is 67.2 Å². The molecule has 4 aromatic rings. The van der Waals surface area contributed by atoms with Gasteiger partial charge in [-0.15, -0.1) is 11.3 Å². The zero-order valence-corrected chi connectivity index (χ0v) is 21.1. The molecule has 0 unspecified atom stereocenters. The Morgan fingerprint density at radius 1 is 1.06 bits per heavy atom. The SMILES string of the molecule is Cc1ccc(CNC(=O)[C@]2(C)Cn3nc(-c4cccs4)cc3C(=O)N2c2cc(C)ccc2C)cc1. The molecule has 0 fully saturated rings. The third-order valence-electron chi connectivity index (χ3n) is 6.60. The van der Waals surface area contributed by atoms with Crippen molar-refractivity contribution in [1.82, 2.24) is 15.1 Å². The summed E-state index contributed by atoms with van der Waals surface area (Å²) in [5, 5.41) is 9.78. The first-order valence-corrected chi connectivity index (χ1v) is 12.5. The molecule has 2 aromatic carbocycles. The Balaban J connectivity index is 1.56. The lowest BCUT2D eigenvalue weighted by Gasteiger charge is -2.43. The van der Waals surface area contributed by atoms with Gasteiger partial charge >= 0.3 is 0 Å². The van der Waals surface area contributed by atoms with E-state index < -0.39 is 5.54 Å². The third-order valence-corrected chi connectivity index (χ3v) is 7.49. The molecule has 5 rings (SSSR count). The first-order chi connectivity index (χ1) is 16.8. The van der Waals surface area contributed by atoms with Crippen LogP contribution in [-0.4, -0.2) is 27.1 Å². The van der Waals surface area contributed by atoms with Crippen LogP contribution in [0.25, 0.3) is 10.6 Å². The van der Waals surface area contributed by atoms with Crippen LogP contribution in [0.1, 0.15) is 39.7 Å². The van der Waals surface area contributed by atoms with E-state index in [0.717, 1.165) is 32.9 Å². The van der Waals surface area contributed by atoms with E-state index >= 15 is 0 Å². The number of aromatic nitrogens is 2. The molecular weight excluding hydrogens is 456 g/mol. The highest BCUT2D eigenvalue weighted by Gasteiger charge is 2.49. The van der Waals surface area contributed by atoms with Gasteiger partial charge in [0.2, 0.25) is 5.91 Å². The molecule has 1 atom stereocenters. The quantitative estimate of drug-likeness (QED) is 0.420. The second kappa shape index (κ2) is 8.82. The maximum Gasteiger partial charge on any atom is 0.277 e. The number of carbonyl (C=O) groups is 2. The van der Waals surface area contributed by atoms with Gasteiger partial charge in [-0.2, -0.15) is 5.10 Å². The van der Waals surface area contributed by atoms with Crippen LogP contribution in [0.4, 0.5) is 5.69 Å². The molecule has 3 heterocycles. The molecule has 2 amide bonds. The molecule has 6 nitrogen and oxygen atoms in total. The Morgan fingerprint density at radius 3 is 2.51 bits per heavy atom. The van der Waals surface area contributed by atoms with E-state index in [0.29, 0.717) is 12.2 Å². The molecule has 0 spiro atoms. The second-order valence-corrected chi connectivity index (χ2v) is 10.4. The number of aryl methyl sites for hydroxylation is 3. The van der Waals surface area contributed by atoms with E-state index in [1.165, 1.54) is 5.56 Å². The molecule has 7 heteroatoms. The molecule has 1 aliphatic heterocycles. The lowest BCUT2D eigenvalue weighted by Crippen LogP contribution is -2.64.